The lowest BCUT2D eigenvalue weighted by Gasteiger charge is -2.23. The van der Waals surface area contributed by atoms with E-state index in [1.807, 2.05) is 0 Å². The van der Waals surface area contributed by atoms with Gasteiger partial charge in [0.25, 0.3) is 0 Å². The molecule has 2 rings (SSSR count). The lowest BCUT2D eigenvalue weighted by atomic mass is 10.1. The number of benzene rings is 1. The summed E-state index contributed by atoms with van der Waals surface area (Å²) in [6.45, 7) is 0.356. The highest BCUT2D eigenvalue weighted by Gasteiger charge is 2.23. The van der Waals surface area contributed by atoms with Gasteiger partial charge in [-0.1, -0.05) is 12.1 Å². The molecule has 1 aromatic heterocycles. The zero-order valence-electron chi connectivity index (χ0n) is 12.4. The van der Waals surface area contributed by atoms with E-state index in [1.54, 1.807) is 55.3 Å². The third-order valence-corrected chi connectivity index (χ3v) is 3.28. The van der Waals surface area contributed by atoms with Gasteiger partial charge in [-0.3, -0.25) is 9.48 Å². The van der Waals surface area contributed by atoms with Crippen LogP contribution < -0.4 is 5.32 Å². The second-order valence-electron chi connectivity index (χ2n) is 4.99. The molecule has 6 heteroatoms. The second kappa shape index (κ2) is 6.49. The van der Waals surface area contributed by atoms with Crippen LogP contribution >= 0.6 is 0 Å². The molecule has 5 nitrogen and oxygen atoms in total. The monoisotopic (exact) mass is 290 g/mol. The van der Waals surface area contributed by atoms with E-state index >= 15 is 0 Å². The normalized spacial score (nSPS) is 12.2. The predicted octanol–water partition coefficient (Wildman–Crippen LogP) is 1.48. The van der Waals surface area contributed by atoms with Crippen LogP contribution in [-0.2, 0) is 18.4 Å². The predicted molar refractivity (Wildman–Crippen MR) is 77.9 cm³/mol. The minimum absolute atomic E-state index is 0.0882. The van der Waals surface area contributed by atoms with Crippen LogP contribution in [0.1, 0.15) is 17.2 Å². The van der Waals surface area contributed by atoms with Gasteiger partial charge in [0, 0.05) is 32.4 Å². The fraction of sp³-hybridized carbons (Fsp3) is 0.333. The summed E-state index contributed by atoms with van der Waals surface area (Å²) in [7, 11) is 5.23. The fourth-order valence-corrected chi connectivity index (χ4v) is 2.23. The molecule has 0 radical (unpaired) electrons. The van der Waals surface area contributed by atoms with E-state index in [-0.39, 0.29) is 11.7 Å². The van der Waals surface area contributed by atoms with Crippen LogP contribution in [0.4, 0.5) is 4.39 Å². The molecular formula is C15H19FN4O. The number of nitrogens with one attached hydrogen (secondary N) is 1. The van der Waals surface area contributed by atoms with Crippen LogP contribution in [0.5, 0.6) is 0 Å². The van der Waals surface area contributed by atoms with Crippen molar-refractivity contribution < 1.29 is 9.18 Å². The summed E-state index contributed by atoms with van der Waals surface area (Å²) < 4.78 is 14.8. The van der Waals surface area contributed by atoms with Crippen LogP contribution in [-0.4, -0.2) is 34.7 Å². The Bertz CT molecular complexity index is 626. The Morgan fingerprint density at radius 2 is 2.29 bits per heavy atom. The SMILES string of the molecule is CNC(C(=O)N(C)Cc1cccc(F)c1)c1cnn(C)c1. The molecule has 0 spiro atoms. The number of halogens is 1. The van der Waals surface area contributed by atoms with Crippen LogP contribution in [0.2, 0.25) is 0 Å². The van der Waals surface area contributed by atoms with E-state index in [0.717, 1.165) is 11.1 Å². The number of amides is 1. The van der Waals surface area contributed by atoms with Gasteiger partial charge in [0.15, 0.2) is 0 Å². The van der Waals surface area contributed by atoms with E-state index in [9.17, 15) is 9.18 Å². The van der Waals surface area contributed by atoms with Crippen molar-refractivity contribution in [3.63, 3.8) is 0 Å². The molecule has 1 heterocycles. The average Bonchev–Trinajstić information content (AvgIpc) is 2.86. The highest BCUT2D eigenvalue weighted by Crippen LogP contribution is 2.16. The molecule has 0 fully saturated rings. The van der Waals surface area contributed by atoms with E-state index < -0.39 is 6.04 Å². The zero-order chi connectivity index (χ0) is 15.4. The number of aryl methyl sites for hydroxylation is 1. The Kier molecular flexibility index (Phi) is 4.70. The van der Waals surface area contributed by atoms with Gasteiger partial charge in [-0.15, -0.1) is 0 Å². The zero-order valence-corrected chi connectivity index (χ0v) is 12.4. The van der Waals surface area contributed by atoms with Gasteiger partial charge >= 0.3 is 0 Å². The van der Waals surface area contributed by atoms with Gasteiger partial charge in [-0.2, -0.15) is 5.10 Å². The summed E-state index contributed by atoms with van der Waals surface area (Å²) in [4.78, 5) is 14.1. The van der Waals surface area contributed by atoms with E-state index in [2.05, 4.69) is 10.4 Å². The standard InChI is InChI=1S/C15H19FN4O/c1-17-14(12-8-18-20(3)10-12)15(21)19(2)9-11-5-4-6-13(16)7-11/h4-8,10,14,17H,9H2,1-3H3. The van der Waals surface area contributed by atoms with E-state index in [0.29, 0.717) is 6.54 Å². The van der Waals surface area contributed by atoms with E-state index in [1.165, 1.54) is 12.1 Å². The van der Waals surface area contributed by atoms with Crippen LogP contribution in [0.25, 0.3) is 0 Å². The smallest absolute Gasteiger partial charge is 0.244 e. The molecule has 2 aromatic rings. The molecule has 21 heavy (non-hydrogen) atoms. The number of likely N-dealkylation sites (N-methyl/N-ethyl adjacent to an activating group) is 2. The molecule has 0 bridgehead atoms. The van der Waals surface area contributed by atoms with E-state index in [4.69, 9.17) is 0 Å². The van der Waals surface area contributed by atoms with Gasteiger partial charge in [0.2, 0.25) is 5.91 Å². The summed E-state index contributed by atoms with van der Waals surface area (Å²) in [6, 6.07) is 5.79. The van der Waals surface area contributed by atoms with Crippen molar-refractivity contribution in [2.45, 2.75) is 12.6 Å². The largest absolute Gasteiger partial charge is 0.340 e. The Hall–Kier alpha value is -2.21. The molecule has 0 saturated heterocycles. The molecule has 0 saturated carbocycles. The molecule has 1 unspecified atom stereocenters. The summed E-state index contributed by atoms with van der Waals surface area (Å²) in [5, 5.41) is 7.07. The Labute approximate surface area is 123 Å². The summed E-state index contributed by atoms with van der Waals surface area (Å²) in [5.41, 5.74) is 1.56. The maximum absolute atomic E-state index is 13.2. The molecule has 1 atom stereocenters. The van der Waals surface area contributed by atoms with Gasteiger partial charge < -0.3 is 10.2 Å². The summed E-state index contributed by atoms with van der Waals surface area (Å²) >= 11 is 0. The third-order valence-electron chi connectivity index (χ3n) is 3.28. The first kappa shape index (κ1) is 15.2. The summed E-state index contributed by atoms with van der Waals surface area (Å²) in [6.07, 6.45) is 3.46. The quantitative estimate of drug-likeness (QED) is 0.907. The average molecular weight is 290 g/mol. The van der Waals surface area contributed by atoms with Crippen molar-refractivity contribution >= 4 is 5.91 Å². The molecule has 112 valence electrons. The lowest BCUT2D eigenvalue weighted by molar-refractivity contribution is -0.132. The minimum Gasteiger partial charge on any atom is -0.340 e. The Morgan fingerprint density at radius 3 is 2.86 bits per heavy atom. The number of hydrogen-bond donors (Lipinski definition) is 1. The first-order valence-corrected chi connectivity index (χ1v) is 6.66. The van der Waals surface area contributed by atoms with Crippen LogP contribution in [0, 0.1) is 5.82 Å². The molecule has 0 aliphatic rings. The number of carbonyl (C=O) groups excluding carboxylic acids is 1. The molecule has 1 N–H and O–H groups in total. The highest BCUT2D eigenvalue weighted by atomic mass is 19.1. The first-order valence-electron chi connectivity index (χ1n) is 6.66. The van der Waals surface area contributed by atoms with Crippen LogP contribution in [0.15, 0.2) is 36.7 Å². The first-order chi connectivity index (χ1) is 10.0. The fourth-order valence-electron chi connectivity index (χ4n) is 2.23. The molecule has 1 aromatic carbocycles. The lowest BCUT2D eigenvalue weighted by Crippen LogP contribution is -2.37. The molecule has 1 amide bonds. The van der Waals surface area contributed by atoms with Crippen molar-refractivity contribution in [3.8, 4) is 0 Å². The van der Waals surface area contributed by atoms with Crippen molar-refractivity contribution in [1.82, 2.24) is 20.0 Å². The Balaban J connectivity index is 2.10. The van der Waals surface area contributed by atoms with Gasteiger partial charge in [0.05, 0.1) is 6.20 Å². The summed E-state index contributed by atoms with van der Waals surface area (Å²) in [5.74, 6) is -0.388. The number of carbonyl (C=O) groups is 1. The second-order valence-corrected chi connectivity index (χ2v) is 4.99. The van der Waals surface area contributed by atoms with Crippen molar-refractivity contribution in [2.75, 3.05) is 14.1 Å². The van der Waals surface area contributed by atoms with Crippen LogP contribution in [0.3, 0.4) is 0 Å². The maximum atomic E-state index is 13.2. The molecule has 0 aliphatic heterocycles. The van der Waals surface area contributed by atoms with Crippen molar-refractivity contribution in [2.24, 2.45) is 7.05 Å². The highest BCUT2D eigenvalue weighted by molar-refractivity contribution is 5.82. The topological polar surface area (TPSA) is 50.2 Å². The number of rotatable bonds is 5. The molecule has 0 aliphatic carbocycles. The Morgan fingerprint density at radius 1 is 1.52 bits per heavy atom. The third kappa shape index (κ3) is 3.66. The molecular weight excluding hydrogens is 271 g/mol. The maximum Gasteiger partial charge on any atom is 0.244 e. The van der Waals surface area contributed by atoms with Gasteiger partial charge in [-0.05, 0) is 24.7 Å². The minimum atomic E-state index is -0.461. The number of aromatic nitrogens is 2. The van der Waals surface area contributed by atoms with Crippen molar-refractivity contribution in [3.05, 3.63) is 53.6 Å². The number of hydrogen-bond acceptors (Lipinski definition) is 3. The number of nitrogens with zero attached hydrogens (tertiary/aromatic N) is 3. The van der Waals surface area contributed by atoms with Gasteiger partial charge in [-0.25, -0.2) is 4.39 Å². The van der Waals surface area contributed by atoms with Gasteiger partial charge in [0.1, 0.15) is 11.9 Å². The van der Waals surface area contributed by atoms with Crippen molar-refractivity contribution in [1.29, 1.82) is 0 Å².